The molecule has 2 rings (SSSR count). The van der Waals surface area contributed by atoms with Crippen molar-refractivity contribution in [3.05, 3.63) is 57.6 Å². The Morgan fingerprint density at radius 3 is 2.04 bits per heavy atom. The third-order valence-electron chi connectivity index (χ3n) is 4.44. The third-order valence-corrected chi connectivity index (χ3v) is 5.27. The summed E-state index contributed by atoms with van der Waals surface area (Å²) < 4.78 is 11.3. The lowest BCUT2D eigenvalue weighted by molar-refractivity contribution is 0.313. The fraction of sp³-hybridized carbons (Fsp3) is 0.429. The Labute approximate surface area is 176 Å². The van der Waals surface area contributed by atoms with Gasteiger partial charge in [-0.2, -0.15) is 0 Å². The second-order valence-electron chi connectivity index (χ2n) is 6.80. The molecule has 0 amide bonds. The van der Waals surface area contributed by atoms with E-state index in [9.17, 15) is 0 Å². The Morgan fingerprint density at radius 2 is 1.48 bits per heavy atom. The van der Waals surface area contributed by atoms with Crippen molar-refractivity contribution in [1.29, 1.82) is 0 Å². The zero-order chi connectivity index (χ0) is 19.9. The normalized spacial score (nSPS) is 11.5. The van der Waals surface area contributed by atoms with E-state index in [0.29, 0.717) is 41.4 Å². The molecule has 27 heavy (non-hydrogen) atoms. The standard InChI is InChI=1S/C21H26Cl3NO2/c1-21(2,15-5-7-17(8-6-15)26-12-4-10-25)16-13-18(23)20(19(24)14-16)27-11-3-9-22/h5-8,13-14H,3-4,9-12,25H2,1-2H3. The summed E-state index contributed by atoms with van der Waals surface area (Å²) in [7, 11) is 0. The minimum absolute atomic E-state index is 0.280. The SMILES string of the molecule is CC(C)(c1ccc(OCCCN)cc1)c1cc(Cl)c(OCCCCl)c(Cl)c1. The van der Waals surface area contributed by atoms with Gasteiger partial charge in [-0.05, 0) is 54.8 Å². The zero-order valence-electron chi connectivity index (χ0n) is 15.7. The number of rotatable bonds is 10. The molecule has 2 aromatic carbocycles. The number of alkyl halides is 1. The largest absolute Gasteiger partial charge is 0.494 e. The summed E-state index contributed by atoms with van der Waals surface area (Å²) in [4.78, 5) is 0. The quantitative estimate of drug-likeness (QED) is 0.368. The predicted octanol–water partition coefficient (Wildman–Crippen LogP) is 6.05. The van der Waals surface area contributed by atoms with Crippen LogP contribution in [0.2, 0.25) is 10.0 Å². The van der Waals surface area contributed by atoms with E-state index >= 15 is 0 Å². The van der Waals surface area contributed by atoms with Gasteiger partial charge < -0.3 is 15.2 Å². The molecular formula is C21H26Cl3NO2. The molecule has 0 heterocycles. The molecule has 6 heteroatoms. The minimum Gasteiger partial charge on any atom is -0.494 e. The van der Waals surface area contributed by atoms with Crippen molar-refractivity contribution in [3.63, 3.8) is 0 Å². The van der Waals surface area contributed by atoms with Crippen LogP contribution in [0.3, 0.4) is 0 Å². The Hall–Kier alpha value is -1.13. The van der Waals surface area contributed by atoms with Crippen LogP contribution in [0.25, 0.3) is 0 Å². The van der Waals surface area contributed by atoms with E-state index in [1.807, 2.05) is 24.3 Å². The Balaban J connectivity index is 2.20. The first-order valence-electron chi connectivity index (χ1n) is 9.02. The van der Waals surface area contributed by atoms with Gasteiger partial charge in [0, 0.05) is 11.3 Å². The predicted molar refractivity (Wildman–Crippen MR) is 115 cm³/mol. The molecule has 0 aromatic heterocycles. The van der Waals surface area contributed by atoms with Crippen LogP contribution in [0, 0.1) is 0 Å². The number of ether oxygens (including phenoxy) is 2. The molecule has 3 nitrogen and oxygen atoms in total. The van der Waals surface area contributed by atoms with Crippen LogP contribution in [0.4, 0.5) is 0 Å². The van der Waals surface area contributed by atoms with Crippen LogP contribution in [-0.2, 0) is 5.41 Å². The summed E-state index contributed by atoms with van der Waals surface area (Å²) in [6, 6.07) is 11.9. The van der Waals surface area contributed by atoms with Crippen molar-refractivity contribution in [2.75, 3.05) is 25.6 Å². The Bertz CT molecular complexity index is 710. The molecule has 0 atom stereocenters. The lowest BCUT2D eigenvalue weighted by Crippen LogP contribution is -2.19. The van der Waals surface area contributed by atoms with Gasteiger partial charge in [0.25, 0.3) is 0 Å². The van der Waals surface area contributed by atoms with Gasteiger partial charge >= 0.3 is 0 Å². The molecule has 2 aromatic rings. The van der Waals surface area contributed by atoms with Gasteiger partial charge in [0.1, 0.15) is 5.75 Å². The average Bonchev–Trinajstić information content (AvgIpc) is 2.64. The van der Waals surface area contributed by atoms with Crippen molar-refractivity contribution >= 4 is 34.8 Å². The number of hydrogen-bond acceptors (Lipinski definition) is 3. The second-order valence-corrected chi connectivity index (χ2v) is 7.99. The molecule has 0 radical (unpaired) electrons. The molecule has 0 unspecified atom stereocenters. The van der Waals surface area contributed by atoms with Crippen molar-refractivity contribution in [3.8, 4) is 11.5 Å². The molecular weight excluding hydrogens is 405 g/mol. The topological polar surface area (TPSA) is 44.5 Å². The molecule has 0 fully saturated rings. The molecule has 2 N–H and O–H groups in total. The highest BCUT2D eigenvalue weighted by Crippen LogP contribution is 2.40. The highest BCUT2D eigenvalue weighted by molar-refractivity contribution is 6.37. The lowest BCUT2D eigenvalue weighted by Gasteiger charge is -2.27. The van der Waals surface area contributed by atoms with Gasteiger partial charge in [-0.15, -0.1) is 11.6 Å². The van der Waals surface area contributed by atoms with E-state index in [1.54, 1.807) is 0 Å². The maximum Gasteiger partial charge on any atom is 0.156 e. The second kappa shape index (κ2) is 10.4. The van der Waals surface area contributed by atoms with Gasteiger partial charge in [0.15, 0.2) is 5.75 Å². The summed E-state index contributed by atoms with van der Waals surface area (Å²) in [5.74, 6) is 1.88. The van der Waals surface area contributed by atoms with Gasteiger partial charge in [-0.25, -0.2) is 0 Å². The monoisotopic (exact) mass is 429 g/mol. The van der Waals surface area contributed by atoms with E-state index < -0.39 is 0 Å². The fourth-order valence-electron chi connectivity index (χ4n) is 2.70. The summed E-state index contributed by atoms with van der Waals surface area (Å²) in [5.41, 5.74) is 7.36. The van der Waals surface area contributed by atoms with E-state index in [-0.39, 0.29) is 5.41 Å². The molecule has 0 spiro atoms. The van der Waals surface area contributed by atoms with E-state index in [4.69, 9.17) is 50.0 Å². The molecule has 0 saturated carbocycles. The first kappa shape index (κ1) is 22.2. The maximum atomic E-state index is 6.43. The van der Waals surface area contributed by atoms with E-state index in [0.717, 1.165) is 29.7 Å². The van der Waals surface area contributed by atoms with Crippen molar-refractivity contribution in [2.45, 2.75) is 32.1 Å². The summed E-state index contributed by atoms with van der Waals surface area (Å²) in [6.45, 7) is 5.99. The molecule has 0 aliphatic carbocycles. The minimum atomic E-state index is -0.280. The van der Waals surface area contributed by atoms with Crippen molar-refractivity contribution in [1.82, 2.24) is 0 Å². The highest BCUT2D eigenvalue weighted by atomic mass is 35.5. The van der Waals surface area contributed by atoms with Crippen LogP contribution in [-0.4, -0.2) is 25.6 Å². The van der Waals surface area contributed by atoms with Gasteiger partial charge in [0.2, 0.25) is 0 Å². The van der Waals surface area contributed by atoms with Gasteiger partial charge in [0.05, 0.1) is 23.3 Å². The fourth-order valence-corrected chi connectivity index (χ4v) is 3.40. The number of hydrogen-bond donors (Lipinski definition) is 1. The number of halogens is 3. The first-order valence-corrected chi connectivity index (χ1v) is 10.3. The number of benzene rings is 2. The maximum absolute atomic E-state index is 6.43. The zero-order valence-corrected chi connectivity index (χ0v) is 18.0. The summed E-state index contributed by atoms with van der Waals surface area (Å²) in [6.07, 6.45) is 1.57. The lowest BCUT2D eigenvalue weighted by atomic mass is 9.78. The van der Waals surface area contributed by atoms with E-state index in [2.05, 4.69) is 26.0 Å². The van der Waals surface area contributed by atoms with Gasteiger partial charge in [-0.3, -0.25) is 0 Å². The number of nitrogens with two attached hydrogens (primary N) is 1. The van der Waals surface area contributed by atoms with Crippen LogP contribution in [0.1, 0.15) is 37.8 Å². The first-order chi connectivity index (χ1) is 12.9. The van der Waals surface area contributed by atoms with Crippen LogP contribution < -0.4 is 15.2 Å². The van der Waals surface area contributed by atoms with Crippen LogP contribution in [0.5, 0.6) is 11.5 Å². The van der Waals surface area contributed by atoms with Crippen LogP contribution >= 0.6 is 34.8 Å². The van der Waals surface area contributed by atoms with Crippen molar-refractivity contribution < 1.29 is 9.47 Å². The highest BCUT2D eigenvalue weighted by Gasteiger charge is 2.25. The Kier molecular flexibility index (Phi) is 8.56. The molecule has 148 valence electrons. The average molecular weight is 431 g/mol. The van der Waals surface area contributed by atoms with Gasteiger partial charge in [-0.1, -0.05) is 49.2 Å². The molecule has 0 aliphatic rings. The third kappa shape index (κ3) is 5.92. The molecule has 0 saturated heterocycles. The van der Waals surface area contributed by atoms with E-state index in [1.165, 1.54) is 0 Å². The molecule has 0 aliphatic heterocycles. The van der Waals surface area contributed by atoms with Crippen LogP contribution in [0.15, 0.2) is 36.4 Å². The molecule has 0 bridgehead atoms. The Morgan fingerprint density at radius 1 is 0.889 bits per heavy atom. The smallest absolute Gasteiger partial charge is 0.156 e. The summed E-state index contributed by atoms with van der Waals surface area (Å²) >= 11 is 18.5. The summed E-state index contributed by atoms with van der Waals surface area (Å²) in [5, 5.41) is 1.00. The van der Waals surface area contributed by atoms with Crippen molar-refractivity contribution in [2.24, 2.45) is 5.73 Å².